The Balaban J connectivity index is 2.42. The Morgan fingerprint density at radius 1 is 1.28 bits per heavy atom. The number of ether oxygens (including phenoxy) is 1. The zero-order chi connectivity index (χ0) is 13.3. The molecule has 3 nitrogen and oxygen atoms in total. The molecule has 2 rings (SSSR count). The van der Waals surface area contributed by atoms with Crippen LogP contribution in [0.25, 0.3) is 10.9 Å². The molecule has 0 unspecified atom stereocenters. The highest BCUT2D eigenvalue weighted by atomic mass is 16.5. The van der Waals surface area contributed by atoms with Crippen LogP contribution >= 0.6 is 0 Å². The van der Waals surface area contributed by atoms with E-state index in [0.29, 0.717) is 13.0 Å². The predicted octanol–water partition coefficient (Wildman–Crippen LogP) is 3.13. The zero-order valence-electron chi connectivity index (χ0n) is 11.4. The van der Waals surface area contributed by atoms with Crippen molar-refractivity contribution in [1.82, 2.24) is 4.57 Å². The number of aryl methyl sites for hydroxylation is 4. The number of aromatic nitrogens is 1. The standard InChI is InChI=1S/C15H19NO2/c1-10-5-6-14-13(12(10)3)9-11(2)16(14)8-7-15(17)18-4/h5-6,9H,7-8H2,1-4H3. The van der Waals surface area contributed by atoms with Gasteiger partial charge in [-0.15, -0.1) is 0 Å². The molecule has 18 heavy (non-hydrogen) atoms. The van der Waals surface area contributed by atoms with E-state index in [9.17, 15) is 4.79 Å². The zero-order valence-corrected chi connectivity index (χ0v) is 11.4. The van der Waals surface area contributed by atoms with Gasteiger partial charge in [0, 0.05) is 23.1 Å². The van der Waals surface area contributed by atoms with Crippen molar-refractivity contribution in [3.05, 3.63) is 35.0 Å². The summed E-state index contributed by atoms with van der Waals surface area (Å²) >= 11 is 0. The van der Waals surface area contributed by atoms with Gasteiger partial charge < -0.3 is 9.30 Å². The van der Waals surface area contributed by atoms with Gasteiger partial charge in [-0.3, -0.25) is 4.79 Å². The average Bonchev–Trinajstić information content (AvgIpc) is 2.68. The van der Waals surface area contributed by atoms with E-state index in [1.54, 1.807) is 0 Å². The van der Waals surface area contributed by atoms with Crippen LogP contribution in [0.1, 0.15) is 23.2 Å². The molecule has 0 atom stereocenters. The first-order valence-corrected chi connectivity index (χ1v) is 6.17. The van der Waals surface area contributed by atoms with Crippen molar-refractivity contribution in [2.75, 3.05) is 7.11 Å². The van der Waals surface area contributed by atoms with Crippen molar-refractivity contribution < 1.29 is 9.53 Å². The Hall–Kier alpha value is -1.77. The molecule has 0 aliphatic carbocycles. The van der Waals surface area contributed by atoms with Gasteiger partial charge in [0.25, 0.3) is 0 Å². The summed E-state index contributed by atoms with van der Waals surface area (Å²) in [6, 6.07) is 6.45. The minimum absolute atomic E-state index is 0.167. The van der Waals surface area contributed by atoms with E-state index in [1.165, 1.54) is 34.8 Å². The summed E-state index contributed by atoms with van der Waals surface area (Å²) < 4.78 is 6.87. The van der Waals surface area contributed by atoms with Gasteiger partial charge in [-0.25, -0.2) is 0 Å². The van der Waals surface area contributed by atoms with Gasteiger partial charge in [0.15, 0.2) is 0 Å². The molecular weight excluding hydrogens is 226 g/mol. The minimum atomic E-state index is -0.167. The highest BCUT2D eigenvalue weighted by Gasteiger charge is 2.10. The average molecular weight is 245 g/mol. The third kappa shape index (κ3) is 2.13. The lowest BCUT2D eigenvalue weighted by Crippen LogP contribution is -2.07. The first-order chi connectivity index (χ1) is 8.54. The molecule has 96 valence electrons. The van der Waals surface area contributed by atoms with Crippen molar-refractivity contribution in [3.8, 4) is 0 Å². The van der Waals surface area contributed by atoms with Gasteiger partial charge in [0.05, 0.1) is 13.5 Å². The molecule has 0 amide bonds. The maximum atomic E-state index is 11.2. The van der Waals surface area contributed by atoms with Gasteiger partial charge in [0.2, 0.25) is 0 Å². The number of carbonyl (C=O) groups is 1. The maximum absolute atomic E-state index is 11.2. The molecule has 0 fully saturated rings. The van der Waals surface area contributed by atoms with Crippen LogP contribution < -0.4 is 0 Å². The van der Waals surface area contributed by atoms with E-state index < -0.39 is 0 Å². The number of fused-ring (bicyclic) bond motifs is 1. The third-order valence-electron chi connectivity index (χ3n) is 3.60. The van der Waals surface area contributed by atoms with Crippen LogP contribution in [0.2, 0.25) is 0 Å². The molecule has 1 aromatic heterocycles. The molecule has 0 aliphatic heterocycles. The molecule has 3 heteroatoms. The number of methoxy groups -OCH3 is 1. The number of benzene rings is 1. The van der Waals surface area contributed by atoms with Crippen molar-refractivity contribution >= 4 is 16.9 Å². The first kappa shape index (κ1) is 12.7. The quantitative estimate of drug-likeness (QED) is 0.778. The Kier molecular flexibility index (Phi) is 3.41. The monoisotopic (exact) mass is 245 g/mol. The lowest BCUT2D eigenvalue weighted by molar-refractivity contribution is -0.140. The number of esters is 1. The summed E-state index contributed by atoms with van der Waals surface area (Å²) in [5.41, 5.74) is 4.99. The van der Waals surface area contributed by atoms with Crippen molar-refractivity contribution in [2.24, 2.45) is 0 Å². The normalized spacial score (nSPS) is 10.9. The minimum Gasteiger partial charge on any atom is -0.469 e. The van der Waals surface area contributed by atoms with Gasteiger partial charge in [-0.2, -0.15) is 0 Å². The lowest BCUT2D eigenvalue weighted by Gasteiger charge is -2.08. The molecule has 0 saturated carbocycles. The van der Waals surface area contributed by atoms with Crippen molar-refractivity contribution in [3.63, 3.8) is 0 Å². The number of hydrogen-bond acceptors (Lipinski definition) is 2. The molecule has 1 heterocycles. The van der Waals surface area contributed by atoms with Gasteiger partial charge in [-0.05, 0) is 44.0 Å². The summed E-state index contributed by atoms with van der Waals surface area (Å²) in [6.45, 7) is 7.01. The van der Waals surface area contributed by atoms with Crippen LogP contribution in [0.3, 0.4) is 0 Å². The second-order valence-corrected chi connectivity index (χ2v) is 4.70. The van der Waals surface area contributed by atoms with Crippen molar-refractivity contribution in [2.45, 2.75) is 33.7 Å². The summed E-state index contributed by atoms with van der Waals surface area (Å²) in [5.74, 6) is -0.167. The molecule has 0 aliphatic rings. The van der Waals surface area contributed by atoms with Gasteiger partial charge in [0.1, 0.15) is 0 Å². The summed E-state index contributed by atoms with van der Waals surface area (Å²) in [5, 5.41) is 1.28. The van der Waals surface area contributed by atoms with E-state index in [1.807, 2.05) is 0 Å². The highest BCUT2D eigenvalue weighted by Crippen LogP contribution is 2.25. The predicted molar refractivity (Wildman–Crippen MR) is 72.8 cm³/mol. The molecule has 1 aromatic carbocycles. The number of carbonyl (C=O) groups excluding carboxylic acids is 1. The summed E-state index contributed by atoms with van der Waals surface area (Å²) in [4.78, 5) is 11.2. The van der Waals surface area contributed by atoms with E-state index in [4.69, 9.17) is 4.74 Å². The molecule has 0 spiro atoms. The number of rotatable bonds is 3. The van der Waals surface area contributed by atoms with Crippen LogP contribution in [-0.4, -0.2) is 17.6 Å². The molecular formula is C15H19NO2. The Labute approximate surface area is 107 Å². The molecule has 0 bridgehead atoms. The number of hydrogen-bond donors (Lipinski definition) is 0. The Bertz CT molecular complexity index is 596. The van der Waals surface area contributed by atoms with E-state index >= 15 is 0 Å². The summed E-state index contributed by atoms with van der Waals surface area (Å²) in [6.07, 6.45) is 0.411. The fourth-order valence-corrected chi connectivity index (χ4v) is 2.32. The lowest BCUT2D eigenvalue weighted by atomic mass is 10.1. The largest absolute Gasteiger partial charge is 0.469 e. The van der Waals surface area contributed by atoms with Crippen LogP contribution in [0.5, 0.6) is 0 Å². The molecule has 0 N–H and O–H groups in total. The van der Waals surface area contributed by atoms with Gasteiger partial charge >= 0.3 is 5.97 Å². The van der Waals surface area contributed by atoms with Crippen LogP contribution in [0, 0.1) is 20.8 Å². The fourth-order valence-electron chi connectivity index (χ4n) is 2.32. The van der Waals surface area contributed by atoms with E-state index in [0.717, 1.165) is 0 Å². The SMILES string of the molecule is COC(=O)CCn1c(C)cc2c(C)c(C)ccc21. The van der Waals surface area contributed by atoms with E-state index in [-0.39, 0.29) is 5.97 Å². The molecule has 2 aromatic rings. The highest BCUT2D eigenvalue weighted by molar-refractivity contribution is 5.85. The second kappa shape index (κ2) is 4.84. The topological polar surface area (TPSA) is 31.2 Å². The van der Waals surface area contributed by atoms with Crippen molar-refractivity contribution in [1.29, 1.82) is 0 Å². The van der Waals surface area contributed by atoms with Crippen LogP contribution in [-0.2, 0) is 16.1 Å². The smallest absolute Gasteiger partial charge is 0.307 e. The fraction of sp³-hybridized carbons (Fsp3) is 0.400. The van der Waals surface area contributed by atoms with E-state index in [2.05, 4.69) is 43.5 Å². The third-order valence-corrected chi connectivity index (χ3v) is 3.60. The van der Waals surface area contributed by atoms with Gasteiger partial charge in [-0.1, -0.05) is 6.07 Å². The maximum Gasteiger partial charge on any atom is 0.307 e. The molecule has 0 saturated heterocycles. The Morgan fingerprint density at radius 2 is 2.00 bits per heavy atom. The van der Waals surface area contributed by atoms with Crippen LogP contribution in [0.15, 0.2) is 18.2 Å². The number of nitrogens with zero attached hydrogens (tertiary/aromatic N) is 1. The first-order valence-electron chi connectivity index (χ1n) is 6.17. The molecule has 0 radical (unpaired) electrons. The van der Waals surface area contributed by atoms with Crippen LogP contribution in [0.4, 0.5) is 0 Å². The second-order valence-electron chi connectivity index (χ2n) is 4.70. The Morgan fingerprint density at radius 3 is 2.67 bits per heavy atom. The summed E-state index contributed by atoms with van der Waals surface area (Å²) in [7, 11) is 1.43.